The number of ether oxygens (including phenoxy) is 3. The lowest BCUT2D eigenvalue weighted by Crippen LogP contribution is -2.37. The summed E-state index contributed by atoms with van der Waals surface area (Å²) >= 11 is 0. The molecule has 0 radical (unpaired) electrons. The van der Waals surface area contributed by atoms with E-state index in [1.165, 1.54) is 7.11 Å². The maximum Gasteiger partial charge on any atom is 0.337 e. The van der Waals surface area contributed by atoms with Gasteiger partial charge in [0.05, 0.1) is 19.8 Å². The van der Waals surface area contributed by atoms with Crippen LogP contribution < -0.4 is 20.1 Å². The van der Waals surface area contributed by atoms with Gasteiger partial charge in [-0.1, -0.05) is 24.3 Å². The Balaban J connectivity index is 1.74. The zero-order chi connectivity index (χ0) is 18.1. The Bertz CT molecular complexity index is 716. The zero-order valence-corrected chi connectivity index (χ0v) is 14.1. The molecule has 2 N–H and O–H groups in total. The molecule has 0 spiro atoms. The molecule has 0 aromatic heterocycles. The fourth-order valence-corrected chi connectivity index (χ4v) is 2.04. The van der Waals surface area contributed by atoms with E-state index < -0.39 is 5.97 Å². The van der Waals surface area contributed by atoms with Gasteiger partial charge in [0.2, 0.25) is 0 Å². The number of urea groups is 1. The van der Waals surface area contributed by atoms with Crippen LogP contribution in [0, 0.1) is 0 Å². The molecule has 0 aliphatic carbocycles. The van der Waals surface area contributed by atoms with Crippen molar-refractivity contribution in [2.45, 2.75) is 6.54 Å². The lowest BCUT2D eigenvalue weighted by atomic mass is 10.1. The van der Waals surface area contributed by atoms with Gasteiger partial charge in [-0.2, -0.15) is 0 Å². The third-order valence-electron chi connectivity index (χ3n) is 3.36. The van der Waals surface area contributed by atoms with Crippen molar-refractivity contribution in [2.75, 3.05) is 21.0 Å². The highest BCUT2D eigenvalue weighted by molar-refractivity contribution is 5.89. The number of amides is 2. The first kappa shape index (κ1) is 18.1. The second-order valence-corrected chi connectivity index (χ2v) is 4.99. The molecule has 2 rings (SSSR count). The van der Waals surface area contributed by atoms with Gasteiger partial charge in [0.25, 0.3) is 0 Å². The van der Waals surface area contributed by atoms with E-state index in [9.17, 15) is 9.59 Å². The molecule has 25 heavy (non-hydrogen) atoms. The molecule has 0 atom stereocenters. The lowest BCUT2D eigenvalue weighted by Gasteiger charge is -2.12. The van der Waals surface area contributed by atoms with Crippen LogP contribution in [0.2, 0.25) is 0 Å². The Morgan fingerprint density at radius 2 is 1.60 bits per heavy atom. The van der Waals surface area contributed by atoms with Crippen molar-refractivity contribution in [3.8, 4) is 11.5 Å². The molecule has 0 fully saturated rings. The fourth-order valence-electron chi connectivity index (χ4n) is 2.04. The van der Waals surface area contributed by atoms with Crippen LogP contribution in [-0.2, 0) is 11.3 Å². The first-order valence-electron chi connectivity index (χ1n) is 7.59. The Labute approximate surface area is 145 Å². The number of nitrogens with one attached hydrogen (secondary N) is 2. The van der Waals surface area contributed by atoms with Crippen LogP contribution in [0.5, 0.6) is 11.5 Å². The molecule has 2 amide bonds. The normalized spacial score (nSPS) is 9.84. The summed E-state index contributed by atoms with van der Waals surface area (Å²) in [6, 6.07) is 13.6. The van der Waals surface area contributed by atoms with Gasteiger partial charge in [-0.25, -0.2) is 9.59 Å². The number of hydrogen-bond acceptors (Lipinski definition) is 5. The van der Waals surface area contributed by atoms with Crippen molar-refractivity contribution in [1.29, 1.82) is 0 Å². The van der Waals surface area contributed by atoms with E-state index in [2.05, 4.69) is 15.4 Å². The number of carbonyl (C=O) groups is 2. The molecule has 7 nitrogen and oxygen atoms in total. The lowest BCUT2D eigenvalue weighted by molar-refractivity contribution is 0.0600. The van der Waals surface area contributed by atoms with Gasteiger partial charge in [0.15, 0.2) is 18.2 Å². The van der Waals surface area contributed by atoms with E-state index in [-0.39, 0.29) is 12.8 Å². The molecule has 7 heteroatoms. The van der Waals surface area contributed by atoms with E-state index in [4.69, 9.17) is 9.47 Å². The molecule has 0 aliphatic heterocycles. The van der Waals surface area contributed by atoms with Crippen LogP contribution in [0.25, 0.3) is 0 Å². The van der Waals surface area contributed by atoms with Crippen molar-refractivity contribution in [3.05, 3.63) is 59.7 Å². The third-order valence-corrected chi connectivity index (χ3v) is 3.36. The van der Waals surface area contributed by atoms with Crippen LogP contribution in [0.3, 0.4) is 0 Å². The van der Waals surface area contributed by atoms with Crippen molar-refractivity contribution < 1.29 is 23.8 Å². The van der Waals surface area contributed by atoms with E-state index >= 15 is 0 Å². The summed E-state index contributed by atoms with van der Waals surface area (Å²) in [4.78, 5) is 23.1. The highest BCUT2D eigenvalue weighted by Crippen LogP contribution is 2.25. The Morgan fingerprint density at radius 3 is 2.24 bits per heavy atom. The highest BCUT2D eigenvalue weighted by atomic mass is 16.5. The number of methoxy groups -OCH3 is 2. The van der Waals surface area contributed by atoms with E-state index in [1.54, 1.807) is 43.5 Å². The fraction of sp³-hybridized carbons (Fsp3) is 0.222. The summed E-state index contributed by atoms with van der Waals surface area (Å²) in [5.41, 5.74) is 1.31. The van der Waals surface area contributed by atoms with Crippen LogP contribution in [0.15, 0.2) is 48.5 Å². The predicted octanol–water partition coefficient (Wildman–Crippen LogP) is 2.32. The molecular weight excluding hydrogens is 324 g/mol. The van der Waals surface area contributed by atoms with Crippen LogP contribution >= 0.6 is 0 Å². The topological polar surface area (TPSA) is 85.9 Å². The summed E-state index contributed by atoms with van der Waals surface area (Å²) in [5, 5.41) is 5.29. The molecule has 0 heterocycles. The molecule has 0 saturated heterocycles. The van der Waals surface area contributed by atoms with Crippen LogP contribution in [-0.4, -0.2) is 33.0 Å². The molecule has 0 bridgehead atoms. The Kier molecular flexibility index (Phi) is 6.65. The quantitative estimate of drug-likeness (QED) is 0.595. The van der Waals surface area contributed by atoms with Gasteiger partial charge in [-0.05, 0) is 29.8 Å². The van der Waals surface area contributed by atoms with Crippen LogP contribution in [0.4, 0.5) is 4.79 Å². The average Bonchev–Trinajstić information content (AvgIpc) is 2.66. The Hall–Kier alpha value is -3.22. The summed E-state index contributed by atoms with van der Waals surface area (Å²) in [6.07, 6.45) is 0. The third kappa shape index (κ3) is 5.42. The smallest absolute Gasteiger partial charge is 0.337 e. The maximum atomic E-state index is 11.8. The molecule has 0 aliphatic rings. The summed E-state index contributed by atoms with van der Waals surface area (Å²) in [6.45, 7) is 0.329. The summed E-state index contributed by atoms with van der Waals surface area (Å²) in [5.74, 6) is 0.741. The van der Waals surface area contributed by atoms with Gasteiger partial charge in [-0.3, -0.25) is 0 Å². The van der Waals surface area contributed by atoms with Gasteiger partial charge < -0.3 is 24.8 Å². The molecule has 0 unspecified atom stereocenters. The molecule has 0 saturated carbocycles. The van der Waals surface area contributed by atoms with Crippen molar-refractivity contribution in [1.82, 2.24) is 10.6 Å². The molecular formula is C18H20N2O5. The van der Waals surface area contributed by atoms with Crippen LogP contribution in [0.1, 0.15) is 15.9 Å². The number of rotatable bonds is 7. The molecule has 2 aromatic rings. The standard InChI is InChI=1S/C18H20N2O5/c1-23-15-5-3-4-6-16(15)25-12-20-18(22)19-11-13-7-9-14(10-8-13)17(21)24-2/h3-10H,11-12H2,1-2H3,(H2,19,20,22). The maximum absolute atomic E-state index is 11.8. The summed E-state index contributed by atoms with van der Waals surface area (Å²) in [7, 11) is 2.88. The van der Waals surface area contributed by atoms with E-state index in [0.29, 0.717) is 23.6 Å². The van der Waals surface area contributed by atoms with Crippen molar-refractivity contribution >= 4 is 12.0 Å². The average molecular weight is 344 g/mol. The first-order chi connectivity index (χ1) is 12.1. The second-order valence-electron chi connectivity index (χ2n) is 4.99. The SMILES string of the molecule is COC(=O)c1ccc(CNC(=O)NCOc2ccccc2OC)cc1. The monoisotopic (exact) mass is 344 g/mol. The first-order valence-corrected chi connectivity index (χ1v) is 7.59. The van der Waals surface area contributed by atoms with Gasteiger partial charge in [-0.15, -0.1) is 0 Å². The number of para-hydroxylation sites is 2. The Morgan fingerprint density at radius 1 is 0.920 bits per heavy atom. The number of carbonyl (C=O) groups excluding carboxylic acids is 2. The largest absolute Gasteiger partial charge is 0.493 e. The highest BCUT2D eigenvalue weighted by Gasteiger charge is 2.06. The van der Waals surface area contributed by atoms with E-state index in [0.717, 1.165) is 5.56 Å². The minimum absolute atomic E-state index is 0.00743. The van der Waals surface area contributed by atoms with Gasteiger partial charge in [0, 0.05) is 6.54 Å². The van der Waals surface area contributed by atoms with Crippen molar-refractivity contribution in [3.63, 3.8) is 0 Å². The predicted molar refractivity (Wildman–Crippen MR) is 91.6 cm³/mol. The molecule has 132 valence electrons. The number of esters is 1. The van der Waals surface area contributed by atoms with Crippen molar-refractivity contribution in [2.24, 2.45) is 0 Å². The number of benzene rings is 2. The van der Waals surface area contributed by atoms with Gasteiger partial charge in [0.1, 0.15) is 0 Å². The second kappa shape index (κ2) is 9.17. The zero-order valence-electron chi connectivity index (χ0n) is 14.1. The minimum Gasteiger partial charge on any atom is -0.493 e. The molecule has 2 aromatic carbocycles. The van der Waals surface area contributed by atoms with Gasteiger partial charge >= 0.3 is 12.0 Å². The summed E-state index contributed by atoms with van der Waals surface area (Å²) < 4.78 is 15.2. The number of hydrogen-bond donors (Lipinski definition) is 2. The minimum atomic E-state index is -0.397. The van der Waals surface area contributed by atoms with E-state index in [1.807, 2.05) is 12.1 Å².